The van der Waals surface area contributed by atoms with Gasteiger partial charge in [0.15, 0.2) is 0 Å². The molecular formula is C21H22FNO5. The summed E-state index contributed by atoms with van der Waals surface area (Å²) in [6.45, 7) is 1.12. The van der Waals surface area contributed by atoms with Crippen molar-refractivity contribution in [3.63, 3.8) is 0 Å². The Labute approximate surface area is 162 Å². The van der Waals surface area contributed by atoms with Crippen LogP contribution in [0.5, 0.6) is 0 Å². The number of nitrogens with zero attached hydrogens (tertiary/aromatic N) is 1. The highest BCUT2D eigenvalue weighted by molar-refractivity contribution is 5.95. The molecule has 2 aromatic rings. The average Bonchev–Trinajstić information content (AvgIpc) is 2.71. The molecule has 0 saturated carbocycles. The van der Waals surface area contributed by atoms with Crippen molar-refractivity contribution in [3.8, 4) is 0 Å². The Morgan fingerprint density at radius 1 is 1.21 bits per heavy atom. The molecule has 148 valence electrons. The van der Waals surface area contributed by atoms with Gasteiger partial charge in [-0.25, -0.2) is 4.39 Å². The molecule has 0 spiro atoms. The van der Waals surface area contributed by atoms with E-state index in [2.05, 4.69) is 0 Å². The van der Waals surface area contributed by atoms with Crippen LogP contribution in [-0.2, 0) is 27.4 Å². The topological polar surface area (TPSA) is 76.1 Å². The largest absolute Gasteiger partial charge is 0.481 e. The highest BCUT2D eigenvalue weighted by Gasteiger charge is 2.32. The number of carboxylic acid groups (broad SMARTS) is 1. The lowest BCUT2D eigenvalue weighted by atomic mass is 9.89. The molecule has 1 unspecified atom stereocenters. The normalized spacial score (nSPS) is 15.9. The van der Waals surface area contributed by atoms with Crippen LogP contribution in [0.3, 0.4) is 0 Å². The average molecular weight is 387 g/mol. The SMILES string of the molecule is COCCOCc1cc(C(=O)N2Cc3ccccc3C(C(=O)O)C2)ccc1F. The van der Waals surface area contributed by atoms with Crippen molar-refractivity contribution in [2.24, 2.45) is 0 Å². The predicted octanol–water partition coefficient (Wildman–Crippen LogP) is 2.81. The van der Waals surface area contributed by atoms with E-state index in [0.717, 1.165) is 11.1 Å². The number of ether oxygens (including phenoxy) is 2. The van der Waals surface area contributed by atoms with E-state index in [1.54, 1.807) is 19.2 Å². The zero-order valence-corrected chi connectivity index (χ0v) is 15.6. The first-order chi connectivity index (χ1) is 13.5. The smallest absolute Gasteiger partial charge is 0.312 e. The number of hydrogen-bond acceptors (Lipinski definition) is 4. The summed E-state index contributed by atoms with van der Waals surface area (Å²) in [5.41, 5.74) is 2.11. The first kappa shape index (κ1) is 20.0. The minimum absolute atomic E-state index is 0.0247. The van der Waals surface area contributed by atoms with E-state index in [4.69, 9.17) is 9.47 Å². The van der Waals surface area contributed by atoms with E-state index in [-0.39, 0.29) is 24.6 Å². The molecule has 28 heavy (non-hydrogen) atoms. The molecule has 0 bridgehead atoms. The summed E-state index contributed by atoms with van der Waals surface area (Å²) < 4.78 is 24.3. The van der Waals surface area contributed by atoms with Gasteiger partial charge in [0.1, 0.15) is 5.82 Å². The second-order valence-electron chi connectivity index (χ2n) is 6.63. The summed E-state index contributed by atoms with van der Waals surface area (Å²) in [6, 6.07) is 11.3. The number of methoxy groups -OCH3 is 1. The number of amides is 1. The fraction of sp³-hybridized carbons (Fsp3) is 0.333. The number of carboxylic acids is 1. The molecule has 3 rings (SSSR count). The molecular weight excluding hydrogens is 365 g/mol. The van der Waals surface area contributed by atoms with Crippen molar-refractivity contribution in [1.29, 1.82) is 0 Å². The van der Waals surface area contributed by atoms with Crippen LogP contribution in [0, 0.1) is 5.82 Å². The van der Waals surface area contributed by atoms with E-state index < -0.39 is 17.7 Å². The van der Waals surface area contributed by atoms with Gasteiger partial charge in [-0.15, -0.1) is 0 Å². The van der Waals surface area contributed by atoms with Gasteiger partial charge in [0.05, 0.1) is 25.7 Å². The van der Waals surface area contributed by atoms with Crippen molar-refractivity contribution in [2.45, 2.75) is 19.1 Å². The van der Waals surface area contributed by atoms with Crippen LogP contribution in [0.4, 0.5) is 4.39 Å². The van der Waals surface area contributed by atoms with E-state index in [1.807, 2.05) is 12.1 Å². The number of benzene rings is 2. The summed E-state index contributed by atoms with van der Waals surface area (Å²) in [5.74, 6) is -2.55. The summed E-state index contributed by atoms with van der Waals surface area (Å²) in [6.07, 6.45) is 0. The zero-order valence-electron chi connectivity index (χ0n) is 15.6. The fourth-order valence-corrected chi connectivity index (χ4v) is 3.30. The second-order valence-corrected chi connectivity index (χ2v) is 6.63. The summed E-state index contributed by atoms with van der Waals surface area (Å²) >= 11 is 0. The Balaban J connectivity index is 1.79. The summed E-state index contributed by atoms with van der Waals surface area (Å²) in [4.78, 5) is 26.1. The van der Waals surface area contributed by atoms with Crippen molar-refractivity contribution >= 4 is 11.9 Å². The summed E-state index contributed by atoms with van der Waals surface area (Å²) in [5, 5.41) is 9.56. The molecule has 1 N–H and O–H groups in total. The first-order valence-corrected chi connectivity index (χ1v) is 8.96. The van der Waals surface area contributed by atoms with Gasteiger partial charge in [-0.1, -0.05) is 24.3 Å². The Morgan fingerprint density at radius 3 is 2.75 bits per heavy atom. The first-order valence-electron chi connectivity index (χ1n) is 8.96. The number of carbonyl (C=O) groups is 2. The lowest BCUT2D eigenvalue weighted by molar-refractivity contribution is -0.139. The molecule has 0 radical (unpaired) electrons. The van der Waals surface area contributed by atoms with Crippen LogP contribution in [0.25, 0.3) is 0 Å². The molecule has 1 aliphatic heterocycles. The molecule has 1 atom stereocenters. The monoisotopic (exact) mass is 387 g/mol. The van der Waals surface area contributed by atoms with Gasteiger partial charge in [0.2, 0.25) is 0 Å². The highest BCUT2D eigenvalue weighted by atomic mass is 19.1. The Bertz CT molecular complexity index is 870. The van der Waals surface area contributed by atoms with Gasteiger partial charge >= 0.3 is 5.97 Å². The van der Waals surface area contributed by atoms with Crippen molar-refractivity contribution in [1.82, 2.24) is 4.90 Å². The minimum atomic E-state index is -0.976. The number of carbonyl (C=O) groups excluding carboxylic acids is 1. The maximum absolute atomic E-state index is 14.0. The van der Waals surface area contributed by atoms with Gasteiger partial charge < -0.3 is 19.5 Å². The third-order valence-electron chi connectivity index (χ3n) is 4.76. The maximum Gasteiger partial charge on any atom is 0.312 e. The molecule has 6 nitrogen and oxygen atoms in total. The van der Waals surface area contributed by atoms with Gasteiger partial charge in [-0.05, 0) is 29.3 Å². The van der Waals surface area contributed by atoms with E-state index >= 15 is 0 Å². The van der Waals surface area contributed by atoms with Crippen LogP contribution in [-0.4, -0.2) is 48.8 Å². The van der Waals surface area contributed by atoms with Gasteiger partial charge in [0, 0.05) is 31.3 Å². The van der Waals surface area contributed by atoms with Crippen molar-refractivity contribution in [3.05, 3.63) is 70.5 Å². The van der Waals surface area contributed by atoms with Crippen LogP contribution in [0.2, 0.25) is 0 Å². The second kappa shape index (κ2) is 8.95. The van der Waals surface area contributed by atoms with Gasteiger partial charge in [-0.3, -0.25) is 9.59 Å². The standard InChI is InChI=1S/C21H22FNO5/c1-27-8-9-28-13-16-10-14(6-7-19(16)22)20(24)23-11-15-4-2-3-5-17(15)18(12-23)21(25)26/h2-7,10,18H,8-9,11-13H2,1H3,(H,25,26). The van der Waals surface area contributed by atoms with E-state index in [1.165, 1.54) is 23.1 Å². The predicted molar refractivity (Wildman–Crippen MR) is 99.5 cm³/mol. The fourth-order valence-electron chi connectivity index (χ4n) is 3.30. The molecule has 1 aliphatic rings. The number of rotatable bonds is 7. The molecule has 0 aromatic heterocycles. The lowest BCUT2D eigenvalue weighted by Crippen LogP contribution is -2.40. The molecule has 0 saturated heterocycles. The third kappa shape index (κ3) is 4.37. The van der Waals surface area contributed by atoms with Crippen LogP contribution < -0.4 is 0 Å². The molecule has 2 aromatic carbocycles. The third-order valence-corrected chi connectivity index (χ3v) is 4.76. The maximum atomic E-state index is 14.0. The molecule has 1 heterocycles. The number of hydrogen-bond donors (Lipinski definition) is 1. The Morgan fingerprint density at radius 2 is 2.00 bits per heavy atom. The van der Waals surface area contributed by atoms with Crippen LogP contribution in [0.15, 0.2) is 42.5 Å². The molecule has 0 fully saturated rings. The number of fused-ring (bicyclic) bond motifs is 1. The number of halogens is 1. The van der Waals surface area contributed by atoms with E-state index in [0.29, 0.717) is 25.3 Å². The molecule has 7 heteroatoms. The van der Waals surface area contributed by atoms with Gasteiger partial charge in [-0.2, -0.15) is 0 Å². The lowest BCUT2D eigenvalue weighted by Gasteiger charge is -2.33. The van der Waals surface area contributed by atoms with Crippen LogP contribution in [0.1, 0.15) is 33.0 Å². The zero-order chi connectivity index (χ0) is 20.1. The Hall–Kier alpha value is -2.77. The van der Waals surface area contributed by atoms with Crippen LogP contribution >= 0.6 is 0 Å². The van der Waals surface area contributed by atoms with Crippen molar-refractivity contribution in [2.75, 3.05) is 26.9 Å². The molecule has 0 aliphatic carbocycles. The molecule has 1 amide bonds. The quantitative estimate of drug-likeness (QED) is 0.740. The Kier molecular flexibility index (Phi) is 6.38. The van der Waals surface area contributed by atoms with E-state index in [9.17, 15) is 19.1 Å². The highest BCUT2D eigenvalue weighted by Crippen LogP contribution is 2.29. The number of aliphatic carboxylic acids is 1. The van der Waals surface area contributed by atoms with Gasteiger partial charge in [0.25, 0.3) is 5.91 Å². The minimum Gasteiger partial charge on any atom is -0.481 e. The van der Waals surface area contributed by atoms with Crippen molar-refractivity contribution < 1.29 is 28.6 Å². The summed E-state index contributed by atoms with van der Waals surface area (Å²) in [7, 11) is 1.55.